The molecule has 2 aromatic heterocycles. The van der Waals surface area contributed by atoms with Crippen LogP contribution >= 0.6 is 22.9 Å². The van der Waals surface area contributed by atoms with Crippen LogP contribution in [-0.2, 0) is 0 Å². The van der Waals surface area contributed by atoms with Crippen LogP contribution in [0.15, 0.2) is 35.7 Å². The van der Waals surface area contributed by atoms with E-state index in [4.69, 9.17) is 0 Å². The van der Waals surface area contributed by atoms with Crippen molar-refractivity contribution in [3.63, 3.8) is 0 Å². The van der Waals surface area contributed by atoms with Gasteiger partial charge in [0, 0.05) is 4.88 Å². The number of nitriles is 1. The highest BCUT2D eigenvalue weighted by molar-refractivity contribution is 7.13. The van der Waals surface area contributed by atoms with E-state index in [2.05, 4.69) is 21.0 Å². The van der Waals surface area contributed by atoms with E-state index in [0.29, 0.717) is 11.1 Å². The molecule has 0 aliphatic rings. The van der Waals surface area contributed by atoms with Crippen molar-refractivity contribution in [1.29, 1.82) is 5.26 Å². The number of amides is 1. The molecule has 1 aromatic carbocycles. The first-order valence-electron chi connectivity index (χ1n) is 5.74. The Bertz CT molecular complexity index is 788. The van der Waals surface area contributed by atoms with Gasteiger partial charge in [0.1, 0.15) is 5.52 Å². The van der Waals surface area contributed by atoms with Gasteiger partial charge in [0.15, 0.2) is 6.04 Å². The summed E-state index contributed by atoms with van der Waals surface area (Å²) in [6.45, 7) is 0. The summed E-state index contributed by atoms with van der Waals surface area (Å²) in [7, 11) is 0. The van der Waals surface area contributed by atoms with Crippen molar-refractivity contribution in [2.45, 2.75) is 6.04 Å². The summed E-state index contributed by atoms with van der Waals surface area (Å²) in [6.07, 6.45) is 0. The van der Waals surface area contributed by atoms with Crippen LogP contribution in [0, 0.1) is 11.3 Å². The van der Waals surface area contributed by atoms with E-state index in [1.165, 1.54) is 22.9 Å². The van der Waals surface area contributed by atoms with Crippen molar-refractivity contribution < 1.29 is 4.79 Å². The molecular formula is C13H8N4OS2. The molecule has 2 heterocycles. The first-order valence-corrected chi connectivity index (χ1v) is 7.40. The molecule has 1 N–H and O–H groups in total. The van der Waals surface area contributed by atoms with Gasteiger partial charge >= 0.3 is 0 Å². The van der Waals surface area contributed by atoms with E-state index < -0.39 is 6.04 Å². The summed E-state index contributed by atoms with van der Waals surface area (Å²) in [5.41, 5.74) is 1.18. The molecule has 0 aliphatic heterocycles. The summed E-state index contributed by atoms with van der Waals surface area (Å²) >= 11 is 2.61. The average molecular weight is 300 g/mol. The number of nitrogens with one attached hydrogen (secondary N) is 1. The maximum Gasteiger partial charge on any atom is 0.254 e. The number of fused-ring (bicyclic) bond motifs is 1. The second-order valence-electron chi connectivity index (χ2n) is 3.98. The minimum Gasteiger partial charge on any atom is -0.332 e. The minimum absolute atomic E-state index is 0.290. The fourth-order valence-corrected chi connectivity index (χ4v) is 3.21. The first kappa shape index (κ1) is 12.7. The molecule has 98 valence electrons. The smallest absolute Gasteiger partial charge is 0.254 e. The largest absolute Gasteiger partial charge is 0.332 e. The highest BCUT2D eigenvalue weighted by Crippen LogP contribution is 2.22. The molecule has 7 heteroatoms. The van der Waals surface area contributed by atoms with E-state index >= 15 is 0 Å². The normalized spacial score (nSPS) is 11.9. The van der Waals surface area contributed by atoms with E-state index in [-0.39, 0.29) is 5.91 Å². The lowest BCUT2D eigenvalue weighted by molar-refractivity contribution is 0.0947. The van der Waals surface area contributed by atoms with Crippen LogP contribution in [0.5, 0.6) is 0 Å². The van der Waals surface area contributed by atoms with Crippen LogP contribution in [-0.4, -0.2) is 15.5 Å². The average Bonchev–Trinajstić information content (AvgIpc) is 3.14. The molecular weight excluding hydrogens is 292 g/mol. The fourth-order valence-electron chi connectivity index (χ4n) is 1.81. The molecule has 3 rings (SSSR count). The number of hydrogen-bond donors (Lipinski definition) is 1. The topological polar surface area (TPSA) is 78.7 Å². The quantitative estimate of drug-likeness (QED) is 0.806. The molecule has 0 aliphatic carbocycles. The van der Waals surface area contributed by atoms with Gasteiger partial charge in [-0.25, -0.2) is 0 Å². The number of carbonyl (C=O) groups is 1. The maximum absolute atomic E-state index is 12.3. The number of carbonyl (C=O) groups excluding carboxylic acids is 1. The third-order valence-corrected chi connectivity index (χ3v) is 4.46. The van der Waals surface area contributed by atoms with Gasteiger partial charge in [-0.3, -0.25) is 4.79 Å². The molecule has 3 aromatic rings. The van der Waals surface area contributed by atoms with E-state index in [0.717, 1.165) is 9.58 Å². The van der Waals surface area contributed by atoms with Gasteiger partial charge in [-0.1, -0.05) is 16.6 Å². The zero-order chi connectivity index (χ0) is 13.9. The summed E-state index contributed by atoms with van der Waals surface area (Å²) in [5.74, 6) is -0.290. The van der Waals surface area contributed by atoms with Crippen molar-refractivity contribution in [3.8, 4) is 6.07 Å². The van der Waals surface area contributed by atoms with Crippen LogP contribution in [0.2, 0.25) is 0 Å². The van der Waals surface area contributed by atoms with Crippen LogP contribution in [0.4, 0.5) is 0 Å². The Morgan fingerprint density at radius 1 is 1.35 bits per heavy atom. The van der Waals surface area contributed by atoms with Crippen molar-refractivity contribution in [2.75, 3.05) is 0 Å². The highest BCUT2D eigenvalue weighted by atomic mass is 32.1. The third kappa shape index (κ3) is 2.27. The van der Waals surface area contributed by atoms with Gasteiger partial charge in [-0.2, -0.15) is 5.26 Å². The van der Waals surface area contributed by atoms with Crippen molar-refractivity contribution in [1.82, 2.24) is 14.9 Å². The predicted octanol–water partition coefficient (Wildman–Crippen LogP) is 2.75. The van der Waals surface area contributed by atoms with Gasteiger partial charge < -0.3 is 5.32 Å². The molecule has 0 spiro atoms. The van der Waals surface area contributed by atoms with Crippen LogP contribution in [0.25, 0.3) is 10.2 Å². The van der Waals surface area contributed by atoms with E-state index in [1.807, 2.05) is 17.5 Å². The second kappa shape index (κ2) is 5.36. The van der Waals surface area contributed by atoms with E-state index in [1.54, 1.807) is 18.2 Å². The Labute approximate surface area is 122 Å². The molecule has 5 nitrogen and oxygen atoms in total. The molecule has 1 atom stereocenters. The van der Waals surface area contributed by atoms with Gasteiger partial charge in [0.05, 0.1) is 16.3 Å². The first-order chi connectivity index (χ1) is 9.79. The molecule has 0 saturated heterocycles. The van der Waals surface area contributed by atoms with Gasteiger partial charge in [-0.15, -0.1) is 16.4 Å². The Morgan fingerprint density at radius 3 is 3.00 bits per heavy atom. The molecule has 0 fully saturated rings. The summed E-state index contributed by atoms with van der Waals surface area (Å²) in [5, 5.41) is 17.7. The number of hydrogen-bond acceptors (Lipinski definition) is 6. The summed E-state index contributed by atoms with van der Waals surface area (Å²) < 4.78 is 4.57. The maximum atomic E-state index is 12.3. The summed E-state index contributed by atoms with van der Waals surface area (Å²) in [4.78, 5) is 13.1. The van der Waals surface area contributed by atoms with Crippen LogP contribution in [0.3, 0.4) is 0 Å². The predicted molar refractivity (Wildman–Crippen MR) is 77.6 cm³/mol. The lowest BCUT2D eigenvalue weighted by Crippen LogP contribution is -2.27. The molecule has 0 bridgehead atoms. The highest BCUT2D eigenvalue weighted by Gasteiger charge is 2.18. The number of thiophene rings is 1. The van der Waals surface area contributed by atoms with Gasteiger partial charge in [0.2, 0.25) is 0 Å². The number of aromatic nitrogens is 2. The number of rotatable bonds is 3. The Balaban J connectivity index is 1.90. The van der Waals surface area contributed by atoms with Crippen molar-refractivity contribution in [3.05, 3.63) is 46.2 Å². The van der Waals surface area contributed by atoms with Crippen LogP contribution in [0.1, 0.15) is 21.3 Å². The van der Waals surface area contributed by atoms with E-state index in [9.17, 15) is 10.1 Å². The fraction of sp³-hybridized carbons (Fsp3) is 0.0769. The zero-order valence-corrected chi connectivity index (χ0v) is 11.7. The van der Waals surface area contributed by atoms with Crippen LogP contribution < -0.4 is 5.32 Å². The Kier molecular flexibility index (Phi) is 3.41. The Hall–Kier alpha value is -2.30. The van der Waals surface area contributed by atoms with Gasteiger partial charge in [0.25, 0.3) is 5.91 Å². The lowest BCUT2D eigenvalue weighted by atomic mass is 10.1. The van der Waals surface area contributed by atoms with Crippen molar-refractivity contribution >= 4 is 39.0 Å². The zero-order valence-electron chi connectivity index (χ0n) is 10.1. The number of nitrogens with zero attached hydrogens (tertiary/aromatic N) is 3. The molecule has 1 unspecified atom stereocenters. The SMILES string of the molecule is N#CC(NC(=O)c1cccc2nnsc12)c1cccs1. The second-order valence-corrected chi connectivity index (χ2v) is 5.71. The monoisotopic (exact) mass is 300 g/mol. The molecule has 1 amide bonds. The standard InChI is InChI=1S/C13H8N4OS2/c14-7-10(11-5-2-6-19-11)15-13(18)8-3-1-4-9-12(8)20-17-16-9/h1-6,10H,(H,15,18). The molecule has 0 radical (unpaired) electrons. The third-order valence-electron chi connectivity index (χ3n) is 2.75. The Morgan fingerprint density at radius 2 is 2.25 bits per heavy atom. The minimum atomic E-state index is -0.640. The van der Waals surface area contributed by atoms with Gasteiger partial charge in [-0.05, 0) is 35.1 Å². The van der Waals surface area contributed by atoms with Crippen molar-refractivity contribution in [2.24, 2.45) is 0 Å². The summed E-state index contributed by atoms with van der Waals surface area (Å²) in [6, 6.07) is 10.4. The molecule has 0 saturated carbocycles. The molecule has 20 heavy (non-hydrogen) atoms. The number of benzene rings is 1. The lowest BCUT2D eigenvalue weighted by Gasteiger charge is -2.10.